The van der Waals surface area contributed by atoms with E-state index in [0.717, 1.165) is 77.0 Å². The molecule has 2 atom stereocenters. The molecule has 1 aromatic heterocycles. The Morgan fingerprint density at radius 1 is 0.839 bits per heavy atom. The summed E-state index contributed by atoms with van der Waals surface area (Å²) >= 11 is 0. The zero-order valence-electron chi connectivity index (χ0n) is 32.3. The molecule has 2 N–H and O–H groups in total. The number of nitro benzene ring substituents is 2. The van der Waals surface area contributed by atoms with Gasteiger partial charge in [-0.1, -0.05) is 57.8 Å². The summed E-state index contributed by atoms with van der Waals surface area (Å²) in [5.41, 5.74) is 0.857. The van der Waals surface area contributed by atoms with Crippen LogP contribution in [0.4, 0.5) is 21.9 Å². The van der Waals surface area contributed by atoms with E-state index >= 15 is 0 Å². The van der Waals surface area contributed by atoms with Crippen LogP contribution in [0.1, 0.15) is 104 Å². The second-order valence-electron chi connectivity index (χ2n) is 14.2. The third-order valence-electron chi connectivity index (χ3n) is 9.18. The molecule has 1 unspecified atom stereocenters. The van der Waals surface area contributed by atoms with E-state index < -0.39 is 29.3 Å². The predicted molar refractivity (Wildman–Crippen MR) is 208 cm³/mol. The number of amides is 1. The summed E-state index contributed by atoms with van der Waals surface area (Å²) in [5.74, 6) is -0.395. The fourth-order valence-corrected chi connectivity index (χ4v) is 7.89. The van der Waals surface area contributed by atoms with Gasteiger partial charge >= 0.3 is 19.4 Å². The quantitative estimate of drug-likeness (QED) is 0.0302. The first-order valence-electron chi connectivity index (χ1n) is 19.5. The Hall–Kier alpha value is -4.38. The Morgan fingerprint density at radius 3 is 2.14 bits per heavy atom. The predicted octanol–water partition coefficient (Wildman–Crippen LogP) is 9.08. The van der Waals surface area contributed by atoms with Crippen molar-refractivity contribution >= 4 is 41.8 Å². The molecule has 18 nitrogen and oxygen atoms in total. The minimum absolute atomic E-state index is 0.0778. The van der Waals surface area contributed by atoms with Crippen molar-refractivity contribution in [3.05, 3.63) is 56.6 Å². The van der Waals surface area contributed by atoms with Gasteiger partial charge < -0.3 is 29.4 Å². The highest BCUT2D eigenvalue weighted by atomic mass is 31.2. The molecule has 0 spiro atoms. The van der Waals surface area contributed by atoms with Crippen LogP contribution in [-0.4, -0.2) is 77.2 Å². The summed E-state index contributed by atoms with van der Waals surface area (Å²) in [6, 6.07) is 8.47. The molecule has 2 heterocycles. The molecule has 1 aliphatic rings. The van der Waals surface area contributed by atoms with Crippen LogP contribution >= 0.6 is 7.60 Å². The number of fused-ring (bicyclic) bond motifs is 1. The summed E-state index contributed by atoms with van der Waals surface area (Å²) in [6.07, 6.45) is 12.4. The smallest absolute Gasteiger partial charge is 0.407 e. The number of unbranched alkanes of at least 4 members (excludes halogenated alkanes) is 11. The molecule has 0 saturated carbocycles. The molecule has 310 valence electrons. The largest absolute Gasteiger partial charge is 0.450 e. The van der Waals surface area contributed by atoms with Gasteiger partial charge in [-0.15, -0.1) is 0 Å². The normalized spacial score (nSPS) is 16.0. The monoisotopic (exact) mass is 806 g/mol. The van der Waals surface area contributed by atoms with Gasteiger partial charge in [-0.3, -0.25) is 24.8 Å². The number of rotatable bonds is 28. The molecule has 1 saturated heterocycles. The first kappa shape index (κ1) is 44.3. The number of hydrogen-bond acceptors (Lipinski definition) is 15. The Labute approximate surface area is 326 Å². The number of nitrogens with one attached hydrogen (secondary N) is 2. The molecule has 3 aromatic rings. The van der Waals surface area contributed by atoms with Gasteiger partial charge in [0, 0.05) is 31.3 Å². The number of carbonyl (C=O) groups excluding carboxylic acids is 1. The molecule has 1 amide bonds. The molecule has 0 radical (unpaired) electrons. The van der Waals surface area contributed by atoms with Crippen LogP contribution in [0.5, 0.6) is 5.75 Å². The van der Waals surface area contributed by atoms with E-state index in [9.17, 15) is 29.6 Å². The zero-order chi connectivity index (χ0) is 40.2. The van der Waals surface area contributed by atoms with Gasteiger partial charge in [0.25, 0.3) is 5.69 Å². The molecule has 2 aromatic carbocycles. The second-order valence-corrected chi connectivity index (χ2v) is 16.3. The summed E-state index contributed by atoms with van der Waals surface area (Å²) in [7, 11) is -3.51. The van der Waals surface area contributed by atoms with Crippen LogP contribution in [0, 0.1) is 20.2 Å². The maximum Gasteiger partial charge on any atom is 0.407 e. The van der Waals surface area contributed by atoms with Gasteiger partial charge in [0.05, 0.1) is 47.6 Å². The third-order valence-corrected chi connectivity index (χ3v) is 11.1. The minimum Gasteiger partial charge on any atom is -0.450 e. The number of carbonyl (C=O) groups is 1. The molecule has 56 heavy (non-hydrogen) atoms. The third kappa shape index (κ3) is 15.6. The maximum atomic E-state index is 13.7. The van der Waals surface area contributed by atoms with Crippen molar-refractivity contribution in [2.45, 2.75) is 116 Å². The number of ether oxygens (including phenoxy) is 3. The van der Waals surface area contributed by atoms with E-state index in [0.29, 0.717) is 50.3 Å². The Balaban J connectivity index is 0.966. The van der Waals surface area contributed by atoms with E-state index in [-0.39, 0.29) is 41.5 Å². The van der Waals surface area contributed by atoms with Crippen molar-refractivity contribution in [1.29, 1.82) is 0 Å². The Bertz CT molecular complexity index is 1720. The van der Waals surface area contributed by atoms with Crippen LogP contribution in [0.2, 0.25) is 0 Å². The van der Waals surface area contributed by atoms with Crippen LogP contribution in [0.15, 0.2) is 41.0 Å². The molecule has 4 rings (SSSR count). The summed E-state index contributed by atoms with van der Waals surface area (Å²) in [6.45, 7) is 5.88. The van der Waals surface area contributed by atoms with E-state index in [1.54, 1.807) is 6.07 Å². The van der Waals surface area contributed by atoms with E-state index in [1.165, 1.54) is 30.3 Å². The average Bonchev–Trinajstić information content (AvgIpc) is 3.79. The van der Waals surface area contributed by atoms with Crippen LogP contribution in [0.25, 0.3) is 11.0 Å². The van der Waals surface area contributed by atoms with Crippen molar-refractivity contribution in [2.24, 2.45) is 0 Å². The van der Waals surface area contributed by atoms with Gasteiger partial charge in [-0.05, 0) is 74.5 Å². The van der Waals surface area contributed by atoms with E-state index in [2.05, 4.69) is 25.6 Å². The standard InChI is InChI=1S/C37H55N6O12P/c1-37(2)51-28-31(53-37)22-26-52-56(49,54-30-18-16-29(17-19-30)42(45)46)27-15-11-7-5-3-4-6-10-14-25-50-36(44)39-24-13-9-8-12-23-38-32-20-21-33(43(47)48)35-34(32)40-55-41-35/h16-21,31,38H,3-15,22-28H2,1-2H3,(H,39,44)/t31-,56?/m0/s1. The molecular formula is C37H55N6O12P. The van der Waals surface area contributed by atoms with Crippen LogP contribution in [-0.2, 0) is 23.3 Å². The number of alkyl carbamates (subject to hydrolysis) is 1. The van der Waals surface area contributed by atoms with Crippen LogP contribution in [0.3, 0.4) is 0 Å². The fraction of sp³-hybridized carbons (Fsp3) is 0.649. The average molecular weight is 807 g/mol. The molecule has 1 fully saturated rings. The lowest BCUT2D eigenvalue weighted by Crippen LogP contribution is -2.25. The SMILES string of the molecule is CC1(C)OC[C@H](CCOP(=O)(CCCCCCCCCCCOC(=O)NCCCCCCNc2ccc([N+](=O)[O-])c3nonc23)Oc2ccc([N+](=O)[O-])cc2)O1. The van der Waals surface area contributed by atoms with Crippen molar-refractivity contribution in [3.63, 3.8) is 0 Å². The summed E-state index contributed by atoms with van der Waals surface area (Å²) in [4.78, 5) is 33.1. The van der Waals surface area contributed by atoms with E-state index in [1.807, 2.05) is 13.8 Å². The lowest BCUT2D eigenvalue weighted by atomic mass is 10.1. The van der Waals surface area contributed by atoms with Gasteiger partial charge in [-0.25, -0.2) is 14.0 Å². The minimum atomic E-state index is -3.51. The number of non-ortho nitro benzene ring substituents is 2. The molecule has 0 aliphatic carbocycles. The number of hydrogen-bond donors (Lipinski definition) is 2. The van der Waals surface area contributed by atoms with Gasteiger partial charge in [0.1, 0.15) is 5.75 Å². The first-order chi connectivity index (χ1) is 26.9. The number of nitro groups is 2. The van der Waals surface area contributed by atoms with Crippen molar-refractivity contribution in [3.8, 4) is 5.75 Å². The highest BCUT2D eigenvalue weighted by Crippen LogP contribution is 2.49. The summed E-state index contributed by atoms with van der Waals surface area (Å²) < 4.78 is 46.7. The first-order valence-corrected chi connectivity index (χ1v) is 21.2. The lowest BCUT2D eigenvalue weighted by Gasteiger charge is -2.21. The highest BCUT2D eigenvalue weighted by Gasteiger charge is 2.33. The van der Waals surface area contributed by atoms with Gasteiger partial charge in [0.15, 0.2) is 11.3 Å². The maximum absolute atomic E-state index is 13.7. The molecule has 19 heteroatoms. The lowest BCUT2D eigenvalue weighted by molar-refractivity contribution is -0.384. The highest BCUT2D eigenvalue weighted by molar-refractivity contribution is 7.54. The Kier molecular flexibility index (Phi) is 18.2. The number of nitrogens with zero attached hydrogens (tertiary/aromatic N) is 4. The molecule has 1 aliphatic heterocycles. The molecular weight excluding hydrogens is 751 g/mol. The van der Waals surface area contributed by atoms with Crippen molar-refractivity contribution in [2.75, 3.05) is 44.4 Å². The van der Waals surface area contributed by atoms with Crippen LogP contribution < -0.4 is 15.2 Å². The van der Waals surface area contributed by atoms with Crippen molar-refractivity contribution < 1.29 is 47.1 Å². The van der Waals surface area contributed by atoms with Gasteiger partial charge in [0.2, 0.25) is 5.52 Å². The van der Waals surface area contributed by atoms with Crippen molar-refractivity contribution in [1.82, 2.24) is 15.6 Å². The molecule has 0 bridgehead atoms. The zero-order valence-corrected chi connectivity index (χ0v) is 33.2. The Morgan fingerprint density at radius 2 is 1.48 bits per heavy atom. The van der Waals surface area contributed by atoms with E-state index in [4.69, 9.17) is 23.3 Å². The summed E-state index contributed by atoms with van der Waals surface area (Å²) in [5, 5.41) is 35.6. The fourth-order valence-electron chi connectivity index (χ4n) is 6.18. The van der Waals surface area contributed by atoms with Gasteiger partial charge in [-0.2, -0.15) is 0 Å². The number of benzene rings is 2. The second kappa shape index (κ2) is 23.0. The number of aromatic nitrogens is 2. The topological polar surface area (TPSA) is 230 Å². The number of anilines is 1.